The maximum atomic E-state index is 5.96. The van der Waals surface area contributed by atoms with Crippen LogP contribution in [0.1, 0.15) is 44.6 Å². The Morgan fingerprint density at radius 3 is 2.50 bits per heavy atom. The highest BCUT2D eigenvalue weighted by atomic mass is 15.2. The van der Waals surface area contributed by atoms with Crippen LogP contribution < -0.4 is 5.73 Å². The minimum atomic E-state index is 0.618. The molecule has 1 saturated heterocycles. The molecule has 2 heteroatoms. The topological polar surface area (TPSA) is 29.3 Å². The van der Waals surface area contributed by atoms with Gasteiger partial charge in [-0.1, -0.05) is 50.1 Å². The summed E-state index contributed by atoms with van der Waals surface area (Å²) in [6.07, 6.45) is 7.77. The average molecular weight is 274 g/mol. The molecule has 1 aliphatic heterocycles. The van der Waals surface area contributed by atoms with Gasteiger partial charge in [0.25, 0.3) is 0 Å². The molecule has 1 unspecified atom stereocenters. The molecule has 20 heavy (non-hydrogen) atoms. The summed E-state index contributed by atoms with van der Waals surface area (Å²) < 4.78 is 0. The largest absolute Gasteiger partial charge is 0.329 e. The molecule has 0 amide bonds. The van der Waals surface area contributed by atoms with Gasteiger partial charge in [0.05, 0.1) is 0 Å². The third-order valence-corrected chi connectivity index (χ3v) is 4.70. The second kappa shape index (κ2) is 8.43. The van der Waals surface area contributed by atoms with Crippen LogP contribution >= 0.6 is 0 Å². The molecule has 1 atom stereocenters. The zero-order valence-electron chi connectivity index (χ0n) is 12.9. The molecule has 2 rings (SSSR count). The number of unbranched alkanes of at least 4 members (excludes halogenated alkanes) is 1. The number of likely N-dealkylation sites (tertiary alicyclic amines) is 1. The normalized spacial score (nSPS) is 19.1. The lowest BCUT2D eigenvalue weighted by Gasteiger charge is -2.37. The number of hydrogen-bond donors (Lipinski definition) is 1. The molecule has 0 aliphatic carbocycles. The molecule has 1 aliphatic rings. The van der Waals surface area contributed by atoms with E-state index < -0.39 is 0 Å². The van der Waals surface area contributed by atoms with Gasteiger partial charge in [0.2, 0.25) is 0 Å². The van der Waals surface area contributed by atoms with Crippen LogP contribution in [0.15, 0.2) is 30.3 Å². The van der Waals surface area contributed by atoms with Crippen LogP contribution in [0.5, 0.6) is 0 Å². The fraction of sp³-hybridized carbons (Fsp3) is 0.667. The van der Waals surface area contributed by atoms with Crippen molar-refractivity contribution in [3.05, 3.63) is 35.9 Å². The molecule has 112 valence electrons. The van der Waals surface area contributed by atoms with Crippen LogP contribution in [-0.4, -0.2) is 30.6 Å². The van der Waals surface area contributed by atoms with Crippen molar-refractivity contribution < 1.29 is 0 Å². The SMILES string of the molecule is CCCCC(CN)N1CCC(Cc2ccccc2)CC1. The Morgan fingerprint density at radius 1 is 1.20 bits per heavy atom. The van der Waals surface area contributed by atoms with Gasteiger partial charge in [-0.3, -0.25) is 4.90 Å². The van der Waals surface area contributed by atoms with Crippen LogP contribution in [0.4, 0.5) is 0 Å². The third kappa shape index (κ3) is 4.60. The summed E-state index contributed by atoms with van der Waals surface area (Å²) in [5.41, 5.74) is 7.45. The van der Waals surface area contributed by atoms with Gasteiger partial charge in [-0.05, 0) is 50.3 Å². The molecule has 1 fully saturated rings. The fourth-order valence-electron chi connectivity index (χ4n) is 3.36. The van der Waals surface area contributed by atoms with E-state index in [4.69, 9.17) is 5.73 Å². The predicted octanol–water partition coefficient (Wildman–Crippen LogP) is 3.46. The van der Waals surface area contributed by atoms with E-state index in [-0.39, 0.29) is 0 Å². The van der Waals surface area contributed by atoms with Crippen LogP contribution in [0.25, 0.3) is 0 Å². The van der Waals surface area contributed by atoms with E-state index in [0.29, 0.717) is 6.04 Å². The second-order valence-electron chi connectivity index (χ2n) is 6.20. The average Bonchev–Trinajstić information content (AvgIpc) is 2.50. The fourth-order valence-corrected chi connectivity index (χ4v) is 3.36. The summed E-state index contributed by atoms with van der Waals surface area (Å²) in [7, 11) is 0. The Bertz CT molecular complexity index is 355. The second-order valence-corrected chi connectivity index (χ2v) is 6.20. The molecule has 0 radical (unpaired) electrons. The molecule has 0 bridgehead atoms. The van der Waals surface area contributed by atoms with Crippen molar-refractivity contribution in [1.29, 1.82) is 0 Å². The van der Waals surface area contributed by atoms with Gasteiger partial charge >= 0.3 is 0 Å². The molecule has 0 saturated carbocycles. The lowest BCUT2D eigenvalue weighted by Crippen LogP contribution is -2.45. The first kappa shape index (κ1) is 15.5. The lowest BCUT2D eigenvalue weighted by molar-refractivity contribution is 0.128. The molecule has 2 nitrogen and oxygen atoms in total. The van der Waals surface area contributed by atoms with Gasteiger partial charge < -0.3 is 5.73 Å². The monoisotopic (exact) mass is 274 g/mol. The molecule has 1 aromatic rings. The van der Waals surface area contributed by atoms with E-state index in [1.165, 1.54) is 57.2 Å². The highest BCUT2D eigenvalue weighted by molar-refractivity contribution is 5.15. The standard InChI is InChI=1S/C18H30N2/c1-2-3-9-18(15-19)20-12-10-17(11-13-20)14-16-7-5-4-6-8-16/h4-8,17-18H,2-3,9-15,19H2,1H3. The van der Waals surface area contributed by atoms with Crippen LogP contribution in [0.3, 0.4) is 0 Å². The number of piperidine rings is 1. The van der Waals surface area contributed by atoms with Crippen molar-refractivity contribution in [3.63, 3.8) is 0 Å². The van der Waals surface area contributed by atoms with Crippen LogP contribution in [-0.2, 0) is 6.42 Å². The molecule has 2 N–H and O–H groups in total. The van der Waals surface area contributed by atoms with E-state index in [1.54, 1.807) is 0 Å². The molecule has 1 heterocycles. The summed E-state index contributed by atoms with van der Waals surface area (Å²) in [4.78, 5) is 2.64. The van der Waals surface area contributed by atoms with Crippen molar-refractivity contribution in [2.75, 3.05) is 19.6 Å². The molecular weight excluding hydrogens is 244 g/mol. The van der Waals surface area contributed by atoms with Gasteiger partial charge in [-0.15, -0.1) is 0 Å². The highest BCUT2D eigenvalue weighted by Gasteiger charge is 2.23. The molecular formula is C18H30N2. The summed E-state index contributed by atoms with van der Waals surface area (Å²) >= 11 is 0. The first-order chi connectivity index (χ1) is 9.83. The predicted molar refractivity (Wildman–Crippen MR) is 86.8 cm³/mol. The van der Waals surface area contributed by atoms with E-state index in [2.05, 4.69) is 42.2 Å². The van der Waals surface area contributed by atoms with Gasteiger partial charge in [-0.25, -0.2) is 0 Å². The van der Waals surface area contributed by atoms with Gasteiger partial charge in [0, 0.05) is 12.6 Å². The van der Waals surface area contributed by atoms with E-state index >= 15 is 0 Å². The number of rotatable bonds is 7. The van der Waals surface area contributed by atoms with Gasteiger partial charge in [0.15, 0.2) is 0 Å². The maximum absolute atomic E-state index is 5.96. The highest BCUT2D eigenvalue weighted by Crippen LogP contribution is 2.23. The van der Waals surface area contributed by atoms with Crippen molar-refractivity contribution in [3.8, 4) is 0 Å². The minimum Gasteiger partial charge on any atom is -0.329 e. The quantitative estimate of drug-likeness (QED) is 0.825. The minimum absolute atomic E-state index is 0.618. The number of hydrogen-bond acceptors (Lipinski definition) is 2. The van der Waals surface area contributed by atoms with Crippen LogP contribution in [0.2, 0.25) is 0 Å². The summed E-state index contributed by atoms with van der Waals surface area (Å²) in [5.74, 6) is 0.859. The van der Waals surface area contributed by atoms with E-state index in [1.807, 2.05) is 0 Å². The molecule has 1 aromatic carbocycles. The number of nitrogens with two attached hydrogens (primary N) is 1. The number of benzene rings is 1. The smallest absolute Gasteiger partial charge is 0.0218 e. The molecule has 0 aromatic heterocycles. The van der Waals surface area contributed by atoms with Crippen LogP contribution in [0, 0.1) is 5.92 Å². The Balaban J connectivity index is 1.76. The Labute approximate surface area is 124 Å². The van der Waals surface area contributed by atoms with Crippen molar-refractivity contribution in [1.82, 2.24) is 4.90 Å². The first-order valence-corrected chi connectivity index (χ1v) is 8.31. The summed E-state index contributed by atoms with van der Waals surface area (Å²) in [6, 6.07) is 11.5. The Hall–Kier alpha value is -0.860. The maximum Gasteiger partial charge on any atom is 0.0218 e. The lowest BCUT2D eigenvalue weighted by atomic mass is 9.89. The van der Waals surface area contributed by atoms with Gasteiger partial charge in [0.1, 0.15) is 0 Å². The zero-order chi connectivity index (χ0) is 14.2. The summed E-state index contributed by atoms with van der Waals surface area (Å²) in [5, 5.41) is 0. The van der Waals surface area contributed by atoms with E-state index in [0.717, 1.165) is 12.5 Å². The van der Waals surface area contributed by atoms with Crippen molar-refractivity contribution in [2.24, 2.45) is 11.7 Å². The summed E-state index contributed by atoms with van der Waals surface area (Å²) in [6.45, 7) is 5.56. The van der Waals surface area contributed by atoms with Gasteiger partial charge in [-0.2, -0.15) is 0 Å². The first-order valence-electron chi connectivity index (χ1n) is 8.31. The number of nitrogens with zero attached hydrogens (tertiary/aromatic N) is 1. The van der Waals surface area contributed by atoms with Crippen molar-refractivity contribution in [2.45, 2.75) is 51.5 Å². The van der Waals surface area contributed by atoms with Crippen molar-refractivity contribution >= 4 is 0 Å². The Morgan fingerprint density at radius 2 is 1.90 bits per heavy atom. The van der Waals surface area contributed by atoms with E-state index in [9.17, 15) is 0 Å². The zero-order valence-corrected chi connectivity index (χ0v) is 12.9. The Kier molecular flexibility index (Phi) is 6.55. The third-order valence-electron chi connectivity index (χ3n) is 4.70. The molecule has 0 spiro atoms.